The summed E-state index contributed by atoms with van der Waals surface area (Å²) in [4.78, 5) is 16.3. The molecule has 5 heteroatoms. The van der Waals surface area contributed by atoms with Crippen LogP contribution in [0.4, 0.5) is 11.4 Å². The third-order valence-corrected chi connectivity index (χ3v) is 3.58. The van der Waals surface area contributed by atoms with Crippen LogP contribution in [0.1, 0.15) is 23.2 Å². The van der Waals surface area contributed by atoms with Gasteiger partial charge in [0, 0.05) is 25.0 Å². The van der Waals surface area contributed by atoms with Crippen molar-refractivity contribution in [2.24, 2.45) is 0 Å². The lowest BCUT2D eigenvalue weighted by Gasteiger charge is -2.11. The third kappa shape index (κ3) is 3.83. The minimum atomic E-state index is -0.125. The summed E-state index contributed by atoms with van der Waals surface area (Å²) >= 11 is 0. The zero-order valence-electron chi connectivity index (χ0n) is 12.3. The van der Waals surface area contributed by atoms with Crippen molar-refractivity contribution < 1.29 is 9.53 Å². The largest absolute Gasteiger partial charge is 0.376 e. The summed E-state index contributed by atoms with van der Waals surface area (Å²) in [5.74, 6) is -0.125. The molecule has 2 N–H and O–H groups in total. The number of carbonyl (C=O) groups excluding carboxylic acids is 1. The van der Waals surface area contributed by atoms with Crippen LogP contribution in [0.3, 0.4) is 0 Å². The van der Waals surface area contributed by atoms with Crippen LogP contribution in [0, 0.1) is 0 Å². The van der Waals surface area contributed by atoms with Crippen molar-refractivity contribution in [3.8, 4) is 0 Å². The highest BCUT2D eigenvalue weighted by atomic mass is 16.5. The van der Waals surface area contributed by atoms with Gasteiger partial charge in [-0.3, -0.25) is 9.78 Å². The Bertz CT molecular complexity index is 625. The highest BCUT2D eigenvalue weighted by Gasteiger charge is 2.16. The number of nitrogens with one attached hydrogen (secondary N) is 2. The number of ether oxygens (including phenoxy) is 1. The Balaban J connectivity index is 1.61. The van der Waals surface area contributed by atoms with E-state index < -0.39 is 0 Å². The predicted molar refractivity (Wildman–Crippen MR) is 85.3 cm³/mol. The molecule has 0 aliphatic carbocycles. The number of hydrogen-bond acceptors (Lipinski definition) is 4. The molecule has 5 nitrogen and oxygen atoms in total. The maximum absolute atomic E-state index is 12.2. The van der Waals surface area contributed by atoms with E-state index in [0.29, 0.717) is 12.1 Å². The van der Waals surface area contributed by atoms with Gasteiger partial charge in [0.2, 0.25) is 0 Å². The van der Waals surface area contributed by atoms with Crippen molar-refractivity contribution in [1.29, 1.82) is 0 Å². The number of carbonyl (C=O) groups is 1. The van der Waals surface area contributed by atoms with Crippen molar-refractivity contribution in [1.82, 2.24) is 10.3 Å². The molecule has 0 spiro atoms. The first-order chi connectivity index (χ1) is 10.8. The molecule has 1 amide bonds. The normalized spacial score (nSPS) is 17.2. The van der Waals surface area contributed by atoms with Gasteiger partial charge in [0.05, 0.1) is 23.6 Å². The lowest BCUT2D eigenvalue weighted by Crippen LogP contribution is -2.31. The van der Waals surface area contributed by atoms with Crippen LogP contribution >= 0.6 is 0 Å². The van der Waals surface area contributed by atoms with E-state index in [9.17, 15) is 4.79 Å². The van der Waals surface area contributed by atoms with E-state index in [-0.39, 0.29) is 12.0 Å². The van der Waals surface area contributed by atoms with Gasteiger partial charge >= 0.3 is 0 Å². The van der Waals surface area contributed by atoms with Gasteiger partial charge in [-0.25, -0.2) is 0 Å². The number of para-hydroxylation sites is 1. The summed E-state index contributed by atoms with van der Waals surface area (Å²) in [5.41, 5.74) is 2.29. The molecule has 114 valence electrons. The number of nitrogens with zero attached hydrogens (tertiary/aromatic N) is 1. The van der Waals surface area contributed by atoms with E-state index in [2.05, 4.69) is 15.6 Å². The fraction of sp³-hybridized carbons (Fsp3) is 0.294. The summed E-state index contributed by atoms with van der Waals surface area (Å²) in [6.45, 7) is 1.34. The van der Waals surface area contributed by atoms with Crippen LogP contribution in [-0.2, 0) is 4.74 Å². The summed E-state index contributed by atoms with van der Waals surface area (Å²) in [6, 6.07) is 11.6. The topological polar surface area (TPSA) is 63.2 Å². The summed E-state index contributed by atoms with van der Waals surface area (Å²) in [7, 11) is 0. The SMILES string of the molecule is O=C(NCC1CCCO1)c1cncc(Nc2ccccc2)c1. The number of amides is 1. The Morgan fingerprint density at radius 2 is 2.09 bits per heavy atom. The molecule has 1 aromatic carbocycles. The smallest absolute Gasteiger partial charge is 0.253 e. The summed E-state index contributed by atoms with van der Waals surface area (Å²) < 4.78 is 5.50. The second-order valence-electron chi connectivity index (χ2n) is 5.30. The second kappa shape index (κ2) is 7.04. The van der Waals surface area contributed by atoms with Gasteiger partial charge in [0.1, 0.15) is 0 Å². The van der Waals surface area contributed by atoms with Gasteiger partial charge < -0.3 is 15.4 Å². The molecule has 0 bridgehead atoms. The van der Waals surface area contributed by atoms with E-state index >= 15 is 0 Å². The van der Waals surface area contributed by atoms with E-state index in [0.717, 1.165) is 30.8 Å². The van der Waals surface area contributed by atoms with Gasteiger partial charge in [-0.15, -0.1) is 0 Å². The Morgan fingerprint density at radius 1 is 1.23 bits per heavy atom. The van der Waals surface area contributed by atoms with E-state index in [4.69, 9.17) is 4.74 Å². The van der Waals surface area contributed by atoms with Gasteiger partial charge in [-0.2, -0.15) is 0 Å². The second-order valence-corrected chi connectivity index (χ2v) is 5.30. The Kier molecular flexibility index (Phi) is 4.65. The molecule has 22 heavy (non-hydrogen) atoms. The van der Waals surface area contributed by atoms with Crippen molar-refractivity contribution in [3.63, 3.8) is 0 Å². The number of pyridine rings is 1. The molecule has 1 aliphatic heterocycles. The molecule has 1 unspecified atom stereocenters. The Hall–Kier alpha value is -2.40. The molecule has 0 radical (unpaired) electrons. The van der Waals surface area contributed by atoms with Crippen molar-refractivity contribution in [2.45, 2.75) is 18.9 Å². The summed E-state index contributed by atoms with van der Waals surface area (Å²) in [6.07, 6.45) is 5.49. The minimum Gasteiger partial charge on any atom is -0.376 e. The number of aromatic nitrogens is 1. The van der Waals surface area contributed by atoms with Crippen molar-refractivity contribution in [2.75, 3.05) is 18.5 Å². The third-order valence-electron chi connectivity index (χ3n) is 3.58. The van der Waals surface area contributed by atoms with Gasteiger partial charge in [0.25, 0.3) is 5.91 Å². The first-order valence-corrected chi connectivity index (χ1v) is 7.48. The average molecular weight is 297 g/mol. The lowest BCUT2D eigenvalue weighted by atomic mass is 10.2. The monoisotopic (exact) mass is 297 g/mol. The standard InChI is InChI=1S/C17H19N3O2/c21-17(19-12-16-7-4-8-22-16)13-9-15(11-18-10-13)20-14-5-2-1-3-6-14/h1-3,5-6,9-11,16,20H,4,7-8,12H2,(H,19,21). The number of hydrogen-bond donors (Lipinski definition) is 2. The van der Waals surface area contributed by atoms with Crippen LogP contribution in [-0.4, -0.2) is 30.1 Å². The van der Waals surface area contributed by atoms with Crippen molar-refractivity contribution >= 4 is 17.3 Å². The van der Waals surface area contributed by atoms with Gasteiger partial charge in [0.15, 0.2) is 0 Å². The zero-order valence-corrected chi connectivity index (χ0v) is 12.3. The molecule has 1 saturated heterocycles. The molecule has 1 aromatic heterocycles. The molecule has 3 rings (SSSR count). The number of benzene rings is 1. The fourth-order valence-corrected chi connectivity index (χ4v) is 2.43. The molecule has 2 aromatic rings. The first-order valence-electron chi connectivity index (χ1n) is 7.48. The number of anilines is 2. The zero-order chi connectivity index (χ0) is 15.2. The van der Waals surface area contributed by atoms with Gasteiger partial charge in [-0.05, 0) is 31.0 Å². The maximum atomic E-state index is 12.2. The maximum Gasteiger partial charge on any atom is 0.253 e. The van der Waals surface area contributed by atoms with Gasteiger partial charge in [-0.1, -0.05) is 18.2 Å². The molecule has 2 heterocycles. The predicted octanol–water partition coefficient (Wildman–Crippen LogP) is 2.73. The van der Waals surface area contributed by atoms with Crippen LogP contribution in [0.15, 0.2) is 48.8 Å². The Labute approximate surface area is 129 Å². The van der Waals surface area contributed by atoms with E-state index in [1.165, 1.54) is 0 Å². The van der Waals surface area contributed by atoms with Crippen LogP contribution in [0.25, 0.3) is 0 Å². The van der Waals surface area contributed by atoms with Crippen LogP contribution in [0.5, 0.6) is 0 Å². The average Bonchev–Trinajstić information content (AvgIpc) is 3.07. The molecule has 1 fully saturated rings. The first kappa shape index (κ1) is 14.5. The molecule has 1 aliphatic rings. The van der Waals surface area contributed by atoms with Crippen molar-refractivity contribution in [3.05, 3.63) is 54.4 Å². The van der Waals surface area contributed by atoms with E-state index in [1.54, 1.807) is 18.5 Å². The fourth-order valence-electron chi connectivity index (χ4n) is 2.43. The highest BCUT2D eigenvalue weighted by Crippen LogP contribution is 2.16. The molecule has 1 atom stereocenters. The quantitative estimate of drug-likeness (QED) is 0.890. The molecular formula is C17H19N3O2. The van der Waals surface area contributed by atoms with Crippen LogP contribution in [0.2, 0.25) is 0 Å². The lowest BCUT2D eigenvalue weighted by molar-refractivity contribution is 0.0857. The Morgan fingerprint density at radius 3 is 2.86 bits per heavy atom. The summed E-state index contributed by atoms with van der Waals surface area (Å²) in [5, 5.41) is 6.13. The highest BCUT2D eigenvalue weighted by molar-refractivity contribution is 5.94. The molecular weight excluding hydrogens is 278 g/mol. The van der Waals surface area contributed by atoms with E-state index in [1.807, 2.05) is 30.3 Å². The minimum absolute atomic E-state index is 0.125. The number of rotatable bonds is 5. The van der Waals surface area contributed by atoms with Crippen LogP contribution < -0.4 is 10.6 Å². The molecule has 0 saturated carbocycles.